The molecular formula is C8H6ClF3N2O. The second-order valence-corrected chi connectivity index (χ2v) is 3.06. The van der Waals surface area contributed by atoms with Crippen molar-refractivity contribution in [3.05, 3.63) is 28.5 Å². The summed E-state index contributed by atoms with van der Waals surface area (Å²) in [5.74, 6) is 0. The number of aromatic nitrogens is 1. The van der Waals surface area contributed by atoms with Crippen molar-refractivity contribution in [3.8, 4) is 0 Å². The van der Waals surface area contributed by atoms with Gasteiger partial charge in [0.15, 0.2) is 0 Å². The van der Waals surface area contributed by atoms with Crippen molar-refractivity contribution in [2.24, 2.45) is 5.16 Å². The third kappa shape index (κ3) is 3.09. The van der Waals surface area contributed by atoms with E-state index in [0.717, 1.165) is 12.3 Å². The molecule has 3 nitrogen and oxygen atoms in total. The molecule has 82 valence electrons. The van der Waals surface area contributed by atoms with Crippen LogP contribution in [-0.2, 0) is 12.6 Å². The lowest BCUT2D eigenvalue weighted by molar-refractivity contribution is -0.137. The fourth-order valence-corrected chi connectivity index (χ4v) is 1.14. The number of halogens is 4. The molecule has 0 saturated heterocycles. The summed E-state index contributed by atoms with van der Waals surface area (Å²) in [6.45, 7) is 0. The topological polar surface area (TPSA) is 45.5 Å². The molecule has 0 atom stereocenters. The molecule has 1 aromatic heterocycles. The first-order valence-electron chi connectivity index (χ1n) is 3.82. The van der Waals surface area contributed by atoms with E-state index in [2.05, 4.69) is 10.1 Å². The van der Waals surface area contributed by atoms with Gasteiger partial charge in [0, 0.05) is 18.8 Å². The van der Waals surface area contributed by atoms with Crippen LogP contribution in [0.4, 0.5) is 13.2 Å². The van der Waals surface area contributed by atoms with Crippen LogP contribution in [0.25, 0.3) is 0 Å². The highest BCUT2D eigenvalue weighted by Gasteiger charge is 2.31. The Hall–Kier alpha value is -1.30. The normalized spacial score (nSPS) is 12.3. The third-order valence-electron chi connectivity index (χ3n) is 1.61. The average molecular weight is 239 g/mol. The quantitative estimate of drug-likeness (QED) is 0.489. The van der Waals surface area contributed by atoms with Crippen molar-refractivity contribution in [2.75, 3.05) is 0 Å². The Labute approximate surface area is 88.2 Å². The minimum Gasteiger partial charge on any atom is -0.411 e. The van der Waals surface area contributed by atoms with Gasteiger partial charge < -0.3 is 5.21 Å². The fourth-order valence-electron chi connectivity index (χ4n) is 0.899. The van der Waals surface area contributed by atoms with E-state index in [1.54, 1.807) is 0 Å². The van der Waals surface area contributed by atoms with Crippen LogP contribution < -0.4 is 0 Å². The zero-order chi connectivity index (χ0) is 11.5. The molecule has 0 unspecified atom stereocenters. The molecule has 1 heterocycles. The highest BCUT2D eigenvalue weighted by molar-refractivity contribution is 6.31. The summed E-state index contributed by atoms with van der Waals surface area (Å²) in [7, 11) is 0. The van der Waals surface area contributed by atoms with E-state index < -0.39 is 11.7 Å². The zero-order valence-electron chi connectivity index (χ0n) is 7.29. The summed E-state index contributed by atoms with van der Waals surface area (Å²) >= 11 is 5.57. The van der Waals surface area contributed by atoms with Gasteiger partial charge in [-0.1, -0.05) is 11.6 Å². The molecule has 0 aliphatic heterocycles. The first kappa shape index (κ1) is 11.8. The van der Waals surface area contributed by atoms with E-state index in [0.29, 0.717) is 6.20 Å². The molecule has 0 aliphatic rings. The maximum absolute atomic E-state index is 12.2. The first-order valence-corrected chi connectivity index (χ1v) is 4.20. The van der Waals surface area contributed by atoms with Crippen LogP contribution >= 0.6 is 11.6 Å². The van der Waals surface area contributed by atoms with Gasteiger partial charge in [-0.25, -0.2) is 0 Å². The molecule has 0 aromatic carbocycles. The second kappa shape index (κ2) is 4.48. The molecule has 15 heavy (non-hydrogen) atoms. The number of alkyl halides is 3. The summed E-state index contributed by atoms with van der Waals surface area (Å²) in [5, 5.41) is 10.7. The van der Waals surface area contributed by atoms with Crippen LogP contribution in [0, 0.1) is 0 Å². The van der Waals surface area contributed by atoms with E-state index in [9.17, 15) is 13.2 Å². The Morgan fingerprint density at radius 2 is 2.20 bits per heavy atom. The second-order valence-electron chi connectivity index (χ2n) is 2.65. The van der Waals surface area contributed by atoms with Crippen LogP contribution in [-0.4, -0.2) is 16.4 Å². The summed E-state index contributed by atoms with van der Waals surface area (Å²) in [6, 6.07) is 0.787. The maximum Gasteiger partial charge on any atom is 0.417 e. The van der Waals surface area contributed by atoms with Crippen molar-refractivity contribution in [1.29, 1.82) is 0 Å². The van der Waals surface area contributed by atoms with Crippen molar-refractivity contribution < 1.29 is 18.4 Å². The van der Waals surface area contributed by atoms with Gasteiger partial charge in [-0.3, -0.25) is 4.98 Å². The van der Waals surface area contributed by atoms with Crippen LogP contribution in [0.5, 0.6) is 0 Å². The minimum atomic E-state index is -4.46. The van der Waals surface area contributed by atoms with Gasteiger partial charge in [0.2, 0.25) is 0 Å². The van der Waals surface area contributed by atoms with E-state index in [4.69, 9.17) is 16.8 Å². The Kier molecular flexibility index (Phi) is 3.52. The van der Waals surface area contributed by atoms with Crippen molar-refractivity contribution >= 4 is 17.8 Å². The standard InChI is InChI=1S/C8H6ClF3N2O/c9-6-3-5(8(10,11)12)4-13-7(6)1-2-14-15/h2-4,15H,1H2/b14-2+. The molecular weight excluding hydrogens is 233 g/mol. The Morgan fingerprint density at radius 3 is 2.67 bits per heavy atom. The Morgan fingerprint density at radius 1 is 1.53 bits per heavy atom. The molecule has 0 bridgehead atoms. The summed E-state index contributed by atoms with van der Waals surface area (Å²) < 4.78 is 36.6. The number of pyridine rings is 1. The molecule has 1 rings (SSSR count). The minimum absolute atomic E-state index is 0.0769. The number of oxime groups is 1. The van der Waals surface area contributed by atoms with Gasteiger partial charge in [-0.05, 0) is 6.07 Å². The van der Waals surface area contributed by atoms with Crippen molar-refractivity contribution in [3.63, 3.8) is 0 Å². The molecule has 0 amide bonds. The largest absolute Gasteiger partial charge is 0.417 e. The molecule has 1 aromatic rings. The Bertz CT molecular complexity index is 379. The smallest absolute Gasteiger partial charge is 0.411 e. The molecule has 0 saturated carbocycles. The predicted octanol–water partition coefficient (Wildman–Crippen LogP) is 2.76. The number of nitrogens with zero attached hydrogens (tertiary/aromatic N) is 2. The number of hydrogen-bond donors (Lipinski definition) is 1. The van der Waals surface area contributed by atoms with Gasteiger partial charge in [0.05, 0.1) is 16.3 Å². The molecule has 7 heteroatoms. The summed E-state index contributed by atoms with van der Waals surface area (Å²) in [6.07, 6.45) is -2.61. The number of rotatable bonds is 2. The lowest BCUT2D eigenvalue weighted by Gasteiger charge is -2.07. The summed E-state index contributed by atoms with van der Waals surface area (Å²) in [4.78, 5) is 3.53. The monoisotopic (exact) mass is 238 g/mol. The van der Waals surface area contributed by atoms with E-state index in [-0.39, 0.29) is 17.1 Å². The molecule has 0 fully saturated rings. The lowest BCUT2D eigenvalue weighted by Crippen LogP contribution is -2.06. The molecule has 0 aliphatic carbocycles. The van der Waals surface area contributed by atoms with Gasteiger partial charge >= 0.3 is 6.18 Å². The summed E-state index contributed by atoms with van der Waals surface area (Å²) in [5.41, 5.74) is -0.681. The first-order chi connectivity index (χ1) is 6.95. The van der Waals surface area contributed by atoms with E-state index in [1.165, 1.54) is 0 Å². The highest BCUT2D eigenvalue weighted by Crippen LogP contribution is 2.30. The highest BCUT2D eigenvalue weighted by atomic mass is 35.5. The zero-order valence-corrected chi connectivity index (χ0v) is 8.05. The lowest BCUT2D eigenvalue weighted by atomic mass is 10.2. The van der Waals surface area contributed by atoms with Crippen LogP contribution in [0.2, 0.25) is 5.02 Å². The maximum atomic E-state index is 12.2. The molecule has 0 spiro atoms. The molecule has 1 N–H and O–H groups in total. The molecule has 0 radical (unpaired) electrons. The van der Waals surface area contributed by atoms with Gasteiger partial charge in [0.25, 0.3) is 0 Å². The SMILES string of the molecule is O/N=C/Cc1ncc(C(F)(F)F)cc1Cl. The third-order valence-corrected chi connectivity index (χ3v) is 1.94. The van der Waals surface area contributed by atoms with Gasteiger partial charge in [0.1, 0.15) is 0 Å². The number of hydrogen-bond acceptors (Lipinski definition) is 3. The van der Waals surface area contributed by atoms with Gasteiger partial charge in [-0.15, -0.1) is 5.16 Å². The fraction of sp³-hybridized carbons (Fsp3) is 0.250. The van der Waals surface area contributed by atoms with Crippen LogP contribution in [0.15, 0.2) is 17.4 Å². The van der Waals surface area contributed by atoms with Crippen LogP contribution in [0.1, 0.15) is 11.3 Å². The average Bonchev–Trinajstić information content (AvgIpc) is 2.14. The Balaban J connectivity index is 2.98. The van der Waals surface area contributed by atoms with E-state index >= 15 is 0 Å². The van der Waals surface area contributed by atoms with Gasteiger partial charge in [-0.2, -0.15) is 13.2 Å². The van der Waals surface area contributed by atoms with E-state index in [1.807, 2.05) is 0 Å². The van der Waals surface area contributed by atoms with Crippen LogP contribution in [0.3, 0.4) is 0 Å². The predicted molar refractivity (Wildman–Crippen MR) is 48.2 cm³/mol. The van der Waals surface area contributed by atoms with Crippen molar-refractivity contribution in [1.82, 2.24) is 4.98 Å². The van der Waals surface area contributed by atoms with Crippen molar-refractivity contribution in [2.45, 2.75) is 12.6 Å².